The Morgan fingerprint density at radius 3 is 2.46 bits per heavy atom. The van der Waals surface area contributed by atoms with Crippen LogP contribution >= 0.6 is 23.1 Å². The summed E-state index contributed by atoms with van der Waals surface area (Å²) in [5, 5.41) is 14.7. The number of aliphatic hydroxyl groups excluding tert-OH is 1. The number of thiazole rings is 1. The molecule has 0 saturated heterocycles. The van der Waals surface area contributed by atoms with E-state index in [4.69, 9.17) is 5.73 Å². The second kappa shape index (κ2) is 8.55. The zero-order valence-corrected chi connectivity index (χ0v) is 16.6. The molecule has 0 amide bonds. The number of fused-ring (bicyclic) bond motifs is 1. The molecule has 8 heteroatoms. The van der Waals surface area contributed by atoms with Gasteiger partial charge in [-0.05, 0) is 11.1 Å². The predicted molar refractivity (Wildman–Crippen MR) is 116 cm³/mol. The summed E-state index contributed by atoms with van der Waals surface area (Å²) in [5.74, 6) is 1.41. The van der Waals surface area contributed by atoms with Crippen molar-refractivity contribution in [2.75, 3.05) is 17.6 Å². The Kier molecular flexibility index (Phi) is 5.70. The Hall–Kier alpha value is -2.68. The minimum Gasteiger partial charge on any atom is -0.387 e. The highest BCUT2D eigenvalue weighted by Crippen LogP contribution is 2.31. The molecule has 4 N–H and O–H groups in total. The van der Waals surface area contributed by atoms with Gasteiger partial charge in [-0.25, -0.2) is 15.0 Å². The number of nitrogens with one attached hydrogen (secondary N) is 1. The lowest BCUT2D eigenvalue weighted by Gasteiger charge is -2.13. The fourth-order valence-electron chi connectivity index (χ4n) is 2.71. The summed E-state index contributed by atoms with van der Waals surface area (Å²) in [5.41, 5.74) is 8.50. The fraction of sp³-hybridized carbons (Fsp3) is 0.150. The van der Waals surface area contributed by atoms with E-state index in [1.165, 1.54) is 16.9 Å². The van der Waals surface area contributed by atoms with Crippen LogP contribution in [0.4, 0.5) is 10.9 Å². The van der Waals surface area contributed by atoms with Crippen LogP contribution in [0.3, 0.4) is 0 Å². The van der Waals surface area contributed by atoms with Crippen molar-refractivity contribution < 1.29 is 5.11 Å². The lowest BCUT2D eigenvalue weighted by atomic mass is 10.1. The zero-order chi connectivity index (χ0) is 19.3. The van der Waals surface area contributed by atoms with Crippen LogP contribution in [0.15, 0.2) is 65.8 Å². The third-order valence-corrected chi connectivity index (χ3v) is 5.91. The maximum Gasteiger partial charge on any atom is 0.191 e. The Morgan fingerprint density at radius 1 is 1.00 bits per heavy atom. The predicted octanol–water partition coefficient (Wildman–Crippen LogP) is 4.11. The summed E-state index contributed by atoms with van der Waals surface area (Å²) in [6.07, 6.45) is -0.642. The third-order valence-electron chi connectivity index (χ3n) is 4.11. The van der Waals surface area contributed by atoms with Gasteiger partial charge < -0.3 is 16.2 Å². The Balaban J connectivity index is 1.54. The molecule has 4 rings (SSSR count). The van der Waals surface area contributed by atoms with Crippen LogP contribution in [0.2, 0.25) is 0 Å². The summed E-state index contributed by atoms with van der Waals surface area (Å²) < 4.78 is 0.793. The van der Waals surface area contributed by atoms with Gasteiger partial charge in [0.15, 0.2) is 21.8 Å². The summed E-state index contributed by atoms with van der Waals surface area (Å²) >= 11 is 2.88. The van der Waals surface area contributed by atoms with E-state index in [1.807, 2.05) is 48.5 Å². The summed E-state index contributed by atoms with van der Waals surface area (Å²) in [7, 11) is 0. The van der Waals surface area contributed by atoms with Gasteiger partial charge in [-0.2, -0.15) is 0 Å². The summed E-state index contributed by atoms with van der Waals surface area (Å²) in [6.45, 7) is 0.330. The van der Waals surface area contributed by atoms with Crippen LogP contribution in [0.5, 0.6) is 0 Å². The molecule has 2 heterocycles. The highest BCUT2D eigenvalue weighted by atomic mass is 32.2. The van der Waals surface area contributed by atoms with Crippen molar-refractivity contribution in [3.05, 3.63) is 71.8 Å². The molecule has 28 heavy (non-hydrogen) atoms. The molecule has 0 aliphatic carbocycles. The number of aliphatic hydroxyl groups is 1. The summed E-state index contributed by atoms with van der Waals surface area (Å²) in [6, 6.07) is 19.7. The number of hydrogen-bond donors (Lipinski definition) is 3. The second-order valence-corrected chi connectivity index (χ2v) is 8.11. The molecule has 0 aliphatic heterocycles. The molecule has 1 unspecified atom stereocenters. The average molecular weight is 410 g/mol. The van der Waals surface area contributed by atoms with Gasteiger partial charge in [-0.15, -0.1) is 0 Å². The van der Waals surface area contributed by atoms with Crippen molar-refractivity contribution in [3.63, 3.8) is 0 Å². The second-order valence-electron chi connectivity index (χ2n) is 6.14. The van der Waals surface area contributed by atoms with E-state index in [-0.39, 0.29) is 0 Å². The van der Waals surface area contributed by atoms with Crippen molar-refractivity contribution >= 4 is 44.4 Å². The van der Waals surface area contributed by atoms with Crippen LogP contribution in [0, 0.1) is 0 Å². The van der Waals surface area contributed by atoms with E-state index in [9.17, 15) is 5.11 Å². The topological polar surface area (TPSA) is 97.0 Å². The van der Waals surface area contributed by atoms with E-state index < -0.39 is 6.10 Å². The number of benzene rings is 2. The van der Waals surface area contributed by atoms with Crippen molar-refractivity contribution in [2.24, 2.45) is 0 Å². The Labute approximate surface area is 170 Å². The van der Waals surface area contributed by atoms with Crippen LogP contribution in [-0.4, -0.2) is 26.6 Å². The minimum atomic E-state index is -0.642. The standard InChI is InChI=1S/C20H19N5OS2/c21-19-23-18-16(28-19)17(22-11-15(26)14-9-5-2-6-10-14)24-20(25-18)27-12-13-7-3-1-4-8-13/h1-10,15,26H,11-12H2,(H3,21,22,23,24,25). The number of nitrogens with zero attached hydrogens (tertiary/aromatic N) is 3. The summed E-state index contributed by atoms with van der Waals surface area (Å²) in [4.78, 5) is 13.5. The molecule has 4 aromatic rings. The quantitative estimate of drug-likeness (QED) is 0.312. The van der Waals surface area contributed by atoms with E-state index in [1.54, 1.807) is 11.8 Å². The van der Waals surface area contributed by atoms with Crippen LogP contribution in [0.25, 0.3) is 10.3 Å². The minimum absolute atomic E-state index is 0.330. The number of thioether (sulfide) groups is 1. The first-order chi connectivity index (χ1) is 13.7. The first-order valence-corrected chi connectivity index (χ1v) is 10.6. The van der Waals surface area contributed by atoms with Gasteiger partial charge in [0.05, 0.1) is 6.10 Å². The SMILES string of the molecule is Nc1nc2nc(SCc3ccccc3)nc(NCC(O)c3ccccc3)c2s1. The molecule has 2 aromatic carbocycles. The normalized spacial score (nSPS) is 12.2. The molecule has 2 aromatic heterocycles. The number of anilines is 2. The maximum absolute atomic E-state index is 10.4. The lowest BCUT2D eigenvalue weighted by molar-refractivity contribution is 0.191. The molecule has 0 bridgehead atoms. The molecule has 1 atom stereocenters. The average Bonchev–Trinajstić information content (AvgIpc) is 3.12. The molecule has 0 spiro atoms. The van der Waals surface area contributed by atoms with Crippen molar-refractivity contribution in [3.8, 4) is 0 Å². The van der Waals surface area contributed by atoms with Gasteiger partial charge in [-0.3, -0.25) is 0 Å². The number of nitrogen functional groups attached to an aromatic ring is 1. The molecule has 142 valence electrons. The molecular weight excluding hydrogens is 390 g/mol. The van der Waals surface area contributed by atoms with E-state index in [0.29, 0.717) is 28.3 Å². The van der Waals surface area contributed by atoms with Gasteiger partial charge in [-0.1, -0.05) is 83.8 Å². The zero-order valence-electron chi connectivity index (χ0n) is 14.9. The van der Waals surface area contributed by atoms with Crippen LogP contribution in [-0.2, 0) is 5.75 Å². The van der Waals surface area contributed by atoms with Gasteiger partial charge >= 0.3 is 0 Å². The first-order valence-electron chi connectivity index (χ1n) is 8.76. The van der Waals surface area contributed by atoms with Crippen molar-refractivity contribution in [2.45, 2.75) is 17.0 Å². The fourth-order valence-corrected chi connectivity index (χ4v) is 4.25. The van der Waals surface area contributed by atoms with E-state index in [2.05, 4.69) is 32.4 Å². The largest absolute Gasteiger partial charge is 0.387 e. The van der Waals surface area contributed by atoms with Crippen LogP contribution in [0.1, 0.15) is 17.2 Å². The number of nitrogens with two attached hydrogens (primary N) is 1. The highest BCUT2D eigenvalue weighted by molar-refractivity contribution is 7.98. The van der Waals surface area contributed by atoms with E-state index in [0.717, 1.165) is 16.0 Å². The number of hydrogen-bond acceptors (Lipinski definition) is 8. The number of rotatable bonds is 7. The lowest BCUT2D eigenvalue weighted by Crippen LogP contribution is -2.13. The monoisotopic (exact) mass is 409 g/mol. The smallest absolute Gasteiger partial charge is 0.191 e. The molecule has 0 radical (unpaired) electrons. The van der Waals surface area contributed by atoms with Crippen molar-refractivity contribution in [1.29, 1.82) is 0 Å². The Morgan fingerprint density at radius 2 is 1.71 bits per heavy atom. The molecule has 6 nitrogen and oxygen atoms in total. The van der Waals surface area contributed by atoms with E-state index >= 15 is 0 Å². The van der Waals surface area contributed by atoms with Crippen molar-refractivity contribution in [1.82, 2.24) is 15.0 Å². The van der Waals surface area contributed by atoms with Gasteiger partial charge in [0.1, 0.15) is 4.70 Å². The van der Waals surface area contributed by atoms with Gasteiger partial charge in [0, 0.05) is 12.3 Å². The third kappa shape index (κ3) is 4.41. The maximum atomic E-state index is 10.4. The molecular formula is C20H19N5OS2. The first kappa shape index (κ1) is 18.7. The highest BCUT2D eigenvalue weighted by Gasteiger charge is 2.15. The molecule has 0 fully saturated rings. The molecule has 0 aliphatic rings. The van der Waals surface area contributed by atoms with Crippen LogP contribution < -0.4 is 11.1 Å². The van der Waals surface area contributed by atoms with Gasteiger partial charge in [0.2, 0.25) is 0 Å². The number of aromatic nitrogens is 3. The Bertz CT molecular complexity index is 1060. The van der Waals surface area contributed by atoms with Gasteiger partial charge in [0.25, 0.3) is 0 Å². The molecule has 0 saturated carbocycles.